The molecule has 0 nitrogen and oxygen atoms in total. The van der Waals surface area contributed by atoms with Gasteiger partial charge in [-0.15, -0.1) is 0 Å². The van der Waals surface area contributed by atoms with Gasteiger partial charge < -0.3 is 0 Å². The molecule has 0 aromatic heterocycles. The van der Waals surface area contributed by atoms with Crippen LogP contribution >= 0.6 is 0 Å². The van der Waals surface area contributed by atoms with E-state index in [1.807, 2.05) is 0 Å². The van der Waals surface area contributed by atoms with Gasteiger partial charge in [-0.25, -0.2) is 13.2 Å². The van der Waals surface area contributed by atoms with E-state index in [4.69, 9.17) is 0 Å². The maximum Gasteiger partial charge on any atom is 0.282 e. The third-order valence-corrected chi connectivity index (χ3v) is 1.34. The summed E-state index contributed by atoms with van der Waals surface area (Å²) in [6.45, 7) is 2.92. The Morgan fingerprint density at radius 2 is 1.50 bits per heavy atom. The summed E-state index contributed by atoms with van der Waals surface area (Å²) >= 11 is 0. The van der Waals surface area contributed by atoms with E-state index in [0.717, 1.165) is 13.0 Å². The lowest BCUT2D eigenvalue weighted by Crippen LogP contribution is -2.36. The lowest BCUT2D eigenvalue weighted by molar-refractivity contribution is -0.0881. The van der Waals surface area contributed by atoms with Crippen molar-refractivity contribution in [2.75, 3.05) is 0 Å². The number of hydrogen-bond acceptors (Lipinski definition) is 0. The van der Waals surface area contributed by atoms with Gasteiger partial charge in [-0.2, -0.15) is 0 Å². The van der Waals surface area contributed by atoms with E-state index in [9.17, 15) is 13.2 Å². The third-order valence-electron chi connectivity index (χ3n) is 1.34. The van der Waals surface area contributed by atoms with Gasteiger partial charge in [0.25, 0.3) is 5.92 Å². The molecule has 1 atom stereocenters. The Balaban J connectivity index is 4.40. The standard InChI is InChI=1S/C7H11F3/c1-4-5-6(2,8)7(3,9)10/h4-5H,1-3H3. The van der Waals surface area contributed by atoms with Crippen molar-refractivity contribution in [2.24, 2.45) is 0 Å². The fourth-order valence-corrected chi connectivity index (χ4v) is 0.459. The minimum Gasteiger partial charge on any atom is -0.233 e. The highest BCUT2D eigenvalue weighted by Crippen LogP contribution is 2.32. The second-order valence-electron chi connectivity index (χ2n) is 2.46. The fourth-order valence-electron chi connectivity index (χ4n) is 0.459. The van der Waals surface area contributed by atoms with E-state index >= 15 is 0 Å². The van der Waals surface area contributed by atoms with Crippen LogP contribution in [-0.2, 0) is 0 Å². The van der Waals surface area contributed by atoms with Crippen molar-refractivity contribution in [1.29, 1.82) is 0 Å². The molecule has 0 N–H and O–H groups in total. The molecule has 0 aliphatic carbocycles. The molecule has 0 bridgehead atoms. The quantitative estimate of drug-likeness (QED) is 0.533. The monoisotopic (exact) mass is 152 g/mol. The Hall–Kier alpha value is -0.470. The second-order valence-corrected chi connectivity index (χ2v) is 2.46. The molecular formula is C7H11F3. The molecule has 60 valence electrons. The van der Waals surface area contributed by atoms with Crippen LogP contribution in [0.2, 0.25) is 0 Å². The maximum absolute atomic E-state index is 12.8. The first-order valence-electron chi connectivity index (χ1n) is 3.02. The summed E-state index contributed by atoms with van der Waals surface area (Å²) in [5.41, 5.74) is -2.53. The zero-order chi connectivity index (χ0) is 8.41. The van der Waals surface area contributed by atoms with Crippen molar-refractivity contribution in [3.63, 3.8) is 0 Å². The molecule has 0 aromatic carbocycles. The largest absolute Gasteiger partial charge is 0.282 e. The number of hydrogen-bond donors (Lipinski definition) is 0. The molecule has 0 aliphatic rings. The van der Waals surface area contributed by atoms with Crippen LogP contribution in [0.25, 0.3) is 0 Å². The van der Waals surface area contributed by atoms with Gasteiger partial charge in [-0.3, -0.25) is 0 Å². The first kappa shape index (κ1) is 9.53. The Bertz CT molecular complexity index is 130. The zero-order valence-electron chi connectivity index (χ0n) is 6.29. The van der Waals surface area contributed by atoms with Crippen LogP contribution in [0.4, 0.5) is 13.2 Å². The van der Waals surface area contributed by atoms with Gasteiger partial charge in [-0.05, 0) is 19.9 Å². The average Bonchev–Trinajstić information content (AvgIpc) is 1.61. The van der Waals surface area contributed by atoms with Crippen molar-refractivity contribution in [3.8, 4) is 0 Å². The highest BCUT2D eigenvalue weighted by atomic mass is 19.3. The van der Waals surface area contributed by atoms with Gasteiger partial charge >= 0.3 is 0 Å². The van der Waals surface area contributed by atoms with Crippen molar-refractivity contribution < 1.29 is 13.2 Å². The van der Waals surface area contributed by atoms with Gasteiger partial charge in [0.15, 0.2) is 5.67 Å². The van der Waals surface area contributed by atoms with E-state index in [0.29, 0.717) is 6.92 Å². The lowest BCUT2D eigenvalue weighted by Gasteiger charge is -2.23. The molecule has 0 fully saturated rings. The molecule has 1 unspecified atom stereocenters. The molecule has 0 spiro atoms. The Morgan fingerprint density at radius 3 is 1.60 bits per heavy atom. The summed E-state index contributed by atoms with van der Waals surface area (Å²) in [7, 11) is 0. The Kier molecular flexibility index (Phi) is 2.52. The first-order chi connectivity index (χ1) is 4.31. The Morgan fingerprint density at radius 1 is 1.10 bits per heavy atom. The summed E-state index contributed by atoms with van der Waals surface area (Å²) in [5, 5.41) is 0. The van der Waals surface area contributed by atoms with Crippen LogP contribution in [0, 0.1) is 0 Å². The molecule has 0 aliphatic heterocycles. The van der Waals surface area contributed by atoms with Crippen LogP contribution in [0.5, 0.6) is 0 Å². The van der Waals surface area contributed by atoms with Crippen molar-refractivity contribution in [2.45, 2.75) is 32.4 Å². The Labute approximate surface area is 58.7 Å². The number of halogens is 3. The van der Waals surface area contributed by atoms with Gasteiger partial charge in [0.05, 0.1) is 0 Å². The topological polar surface area (TPSA) is 0 Å². The minimum absolute atomic E-state index is 0.562. The van der Waals surface area contributed by atoms with Gasteiger partial charge in [0, 0.05) is 6.92 Å². The zero-order valence-corrected chi connectivity index (χ0v) is 6.29. The van der Waals surface area contributed by atoms with Crippen molar-refractivity contribution >= 4 is 0 Å². The highest BCUT2D eigenvalue weighted by Gasteiger charge is 2.44. The smallest absolute Gasteiger partial charge is 0.233 e. The maximum atomic E-state index is 12.8. The summed E-state index contributed by atoms with van der Waals surface area (Å²) in [5.74, 6) is -3.31. The van der Waals surface area contributed by atoms with E-state index in [-0.39, 0.29) is 0 Å². The minimum atomic E-state index is -3.31. The molecule has 0 heterocycles. The molecule has 0 radical (unpaired) electrons. The summed E-state index contributed by atoms with van der Waals surface area (Å²) in [6.07, 6.45) is 2.13. The van der Waals surface area contributed by atoms with E-state index in [1.165, 1.54) is 13.0 Å². The van der Waals surface area contributed by atoms with Crippen molar-refractivity contribution in [3.05, 3.63) is 12.2 Å². The summed E-state index contributed by atoms with van der Waals surface area (Å²) in [6, 6.07) is 0. The SMILES string of the molecule is CC=CC(C)(F)C(C)(F)F. The van der Waals surface area contributed by atoms with Gasteiger partial charge in [-0.1, -0.05) is 6.08 Å². The highest BCUT2D eigenvalue weighted by molar-refractivity contribution is 5.03. The number of alkyl halides is 3. The van der Waals surface area contributed by atoms with Crippen LogP contribution in [0.1, 0.15) is 20.8 Å². The van der Waals surface area contributed by atoms with Crippen LogP contribution in [0.15, 0.2) is 12.2 Å². The molecule has 3 heteroatoms. The average molecular weight is 152 g/mol. The molecule has 0 saturated carbocycles. The molecule has 0 amide bonds. The molecule has 0 aromatic rings. The van der Waals surface area contributed by atoms with E-state index in [2.05, 4.69) is 0 Å². The molecule has 10 heavy (non-hydrogen) atoms. The van der Waals surface area contributed by atoms with Crippen LogP contribution < -0.4 is 0 Å². The van der Waals surface area contributed by atoms with E-state index in [1.54, 1.807) is 0 Å². The predicted octanol–water partition coefficient (Wildman–Crippen LogP) is 2.95. The summed E-state index contributed by atoms with van der Waals surface area (Å²) < 4.78 is 37.3. The summed E-state index contributed by atoms with van der Waals surface area (Å²) in [4.78, 5) is 0. The van der Waals surface area contributed by atoms with Crippen LogP contribution in [0.3, 0.4) is 0 Å². The van der Waals surface area contributed by atoms with Crippen LogP contribution in [-0.4, -0.2) is 11.6 Å². The number of allylic oxidation sites excluding steroid dienone is 2. The molecule has 0 rings (SSSR count). The molecular weight excluding hydrogens is 141 g/mol. The van der Waals surface area contributed by atoms with E-state index < -0.39 is 11.6 Å². The first-order valence-corrected chi connectivity index (χ1v) is 3.02. The second kappa shape index (κ2) is 2.64. The lowest BCUT2D eigenvalue weighted by atomic mass is 10.0. The number of rotatable bonds is 2. The van der Waals surface area contributed by atoms with Gasteiger partial charge in [0.1, 0.15) is 0 Å². The fraction of sp³-hybridized carbons (Fsp3) is 0.714. The van der Waals surface area contributed by atoms with Crippen molar-refractivity contribution in [1.82, 2.24) is 0 Å². The van der Waals surface area contributed by atoms with Gasteiger partial charge in [0.2, 0.25) is 0 Å². The predicted molar refractivity (Wildman–Crippen MR) is 34.9 cm³/mol. The third kappa shape index (κ3) is 2.05. The molecule has 0 saturated heterocycles. The normalized spacial score (nSPS) is 19.4.